The quantitative estimate of drug-likeness (QED) is 0.0664. The Kier molecular flexibility index (Phi) is 11.6. The predicted molar refractivity (Wildman–Crippen MR) is 157 cm³/mol. The van der Waals surface area contributed by atoms with Gasteiger partial charge in [0.25, 0.3) is 0 Å². The zero-order valence-electron chi connectivity index (χ0n) is 25.7. The van der Waals surface area contributed by atoms with E-state index < -0.39 is 117 Å². The van der Waals surface area contributed by atoms with E-state index in [2.05, 4.69) is 6.58 Å². The minimum Gasteiger partial charge on any atom is -0.504 e. The molecule has 49 heavy (non-hydrogen) atoms. The van der Waals surface area contributed by atoms with Crippen LogP contribution in [0.2, 0.25) is 0 Å². The molecule has 3 saturated heterocycles. The van der Waals surface area contributed by atoms with E-state index in [0.29, 0.717) is 5.56 Å². The molecule has 1 aromatic rings. The van der Waals surface area contributed by atoms with E-state index in [1.165, 1.54) is 30.4 Å². The number of benzene rings is 1. The SMILES string of the molecule is C=C[C@H]1[C@H](O[C@@H]2O[C@H](CO)[C@@H](O)[C@H](O)[C@H]2O)OC=C2C(=O)O[C@H](OC(=O)/C=C/c3ccc(O[C@@H]4O[C@H](CO)[C@@H](O)[C@H](O)[C@H]4O)c(O)c3)C[C@H]21. The van der Waals surface area contributed by atoms with Gasteiger partial charge in [0.2, 0.25) is 18.9 Å². The highest BCUT2D eigenvalue weighted by molar-refractivity contribution is 5.91. The summed E-state index contributed by atoms with van der Waals surface area (Å²) in [6, 6.07) is 3.90. The number of phenols is 1. The topological polar surface area (TPSA) is 281 Å². The van der Waals surface area contributed by atoms with E-state index in [4.69, 9.17) is 33.2 Å². The fourth-order valence-electron chi connectivity index (χ4n) is 5.79. The lowest BCUT2D eigenvalue weighted by atomic mass is 9.80. The molecule has 4 heterocycles. The number of hydrogen-bond acceptors (Lipinski definition) is 18. The molecule has 270 valence electrons. The highest BCUT2D eigenvalue weighted by Crippen LogP contribution is 2.41. The number of ether oxygens (including phenoxy) is 7. The molecule has 14 atom stereocenters. The molecular weight excluding hydrogens is 660 g/mol. The molecule has 0 saturated carbocycles. The van der Waals surface area contributed by atoms with Gasteiger partial charge in [0.15, 0.2) is 17.8 Å². The second-order valence-electron chi connectivity index (χ2n) is 11.7. The number of aromatic hydroxyl groups is 1. The van der Waals surface area contributed by atoms with Crippen molar-refractivity contribution in [1.82, 2.24) is 0 Å². The van der Waals surface area contributed by atoms with Crippen molar-refractivity contribution in [2.24, 2.45) is 11.8 Å². The molecule has 0 amide bonds. The molecule has 0 spiro atoms. The summed E-state index contributed by atoms with van der Waals surface area (Å²) in [6.45, 7) is 2.42. The fraction of sp³-hybridized carbons (Fsp3) is 0.548. The van der Waals surface area contributed by atoms with Gasteiger partial charge in [-0.05, 0) is 23.8 Å². The zero-order valence-corrected chi connectivity index (χ0v) is 25.7. The summed E-state index contributed by atoms with van der Waals surface area (Å²) in [5, 5.41) is 89.7. The third kappa shape index (κ3) is 7.74. The molecule has 4 aliphatic heterocycles. The number of phenolic OH excluding ortho intramolecular Hbond substituents is 1. The van der Waals surface area contributed by atoms with Crippen LogP contribution in [0.1, 0.15) is 12.0 Å². The van der Waals surface area contributed by atoms with Crippen molar-refractivity contribution in [3.8, 4) is 11.5 Å². The van der Waals surface area contributed by atoms with E-state index >= 15 is 0 Å². The van der Waals surface area contributed by atoms with Crippen LogP contribution in [0.4, 0.5) is 0 Å². The molecule has 0 aromatic heterocycles. The smallest absolute Gasteiger partial charge is 0.340 e. The molecule has 18 heteroatoms. The summed E-state index contributed by atoms with van der Waals surface area (Å²) < 4.78 is 37.9. The molecule has 0 unspecified atom stereocenters. The molecular formula is C31H38O18. The van der Waals surface area contributed by atoms with Crippen LogP contribution in [0, 0.1) is 11.8 Å². The Morgan fingerprint density at radius 2 is 1.53 bits per heavy atom. The molecule has 0 radical (unpaired) electrons. The van der Waals surface area contributed by atoms with Gasteiger partial charge in [-0.1, -0.05) is 12.1 Å². The van der Waals surface area contributed by atoms with E-state index in [9.17, 15) is 55.5 Å². The number of aliphatic hydroxyl groups is 8. The van der Waals surface area contributed by atoms with Gasteiger partial charge in [0, 0.05) is 24.3 Å². The minimum absolute atomic E-state index is 0.0451. The molecule has 3 fully saturated rings. The predicted octanol–water partition coefficient (Wildman–Crippen LogP) is -3.12. The van der Waals surface area contributed by atoms with Crippen LogP contribution in [-0.2, 0) is 38.0 Å². The van der Waals surface area contributed by atoms with Crippen molar-refractivity contribution in [3.05, 3.63) is 54.3 Å². The van der Waals surface area contributed by atoms with Crippen LogP contribution < -0.4 is 4.74 Å². The van der Waals surface area contributed by atoms with E-state index in [0.717, 1.165) is 12.3 Å². The summed E-state index contributed by atoms with van der Waals surface area (Å²) in [5.41, 5.74) is 0.397. The maximum Gasteiger partial charge on any atom is 0.340 e. The van der Waals surface area contributed by atoms with Gasteiger partial charge >= 0.3 is 11.9 Å². The summed E-state index contributed by atoms with van der Waals surface area (Å²) >= 11 is 0. The van der Waals surface area contributed by atoms with Gasteiger partial charge in [0.05, 0.1) is 25.0 Å². The lowest BCUT2D eigenvalue weighted by Crippen LogP contribution is -2.60. The Morgan fingerprint density at radius 3 is 2.14 bits per heavy atom. The minimum atomic E-state index is -1.71. The number of fused-ring (bicyclic) bond motifs is 1. The van der Waals surface area contributed by atoms with E-state index in [1.54, 1.807) is 0 Å². The summed E-state index contributed by atoms with van der Waals surface area (Å²) in [5.74, 6) is -3.84. The van der Waals surface area contributed by atoms with Crippen molar-refractivity contribution in [1.29, 1.82) is 0 Å². The van der Waals surface area contributed by atoms with Crippen LogP contribution >= 0.6 is 0 Å². The summed E-state index contributed by atoms with van der Waals surface area (Å²) in [4.78, 5) is 25.4. The van der Waals surface area contributed by atoms with E-state index in [-0.39, 0.29) is 17.7 Å². The van der Waals surface area contributed by atoms with Gasteiger partial charge in [-0.15, -0.1) is 6.58 Å². The van der Waals surface area contributed by atoms with Crippen molar-refractivity contribution < 1.29 is 88.7 Å². The average Bonchev–Trinajstić information content (AvgIpc) is 3.08. The highest BCUT2D eigenvalue weighted by atomic mass is 16.8. The first kappa shape index (κ1) is 36.6. The normalized spacial score (nSPS) is 39.3. The number of aliphatic hydroxyl groups excluding tert-OH is 8. The van der Waals surface area contributed by atoms with Crippen molar-refractivity contribution in [2.45, 2.75) is 80.4 Å². The van der Waals surface area contributed by atoms with Crippen molar-refractivity contribution in [2.75, 3.05) is 13.2 Å². The van der Waals surface area contributed by atoms with Crippen LogP contribution in [0.5, 0.6) is 11.5 Å². The van der Waals surface area contributed by atoms with Crippen molar-refractivity contribution in [3.63, 3.8) is 0 Å². The van der Waals surface area contributed by atoms with Crippen LogP contribution in [-0.4, -0.2) is 145 Å². The second kappa shape index (κ2) is 15.5. The molecule has 0 bridgehead atoms. The molecule has 9 N–H and O–H groups in total. The number of carbonyl (C=O) groups is 2. The van der Waals surface area contributed by atoms with Gasteiger partial charge in [-0.2, -0.15) is 0 Å². The second-order valence-corrected chi connectivity index (χ2v) is 11.7. The number of rotatable bonds is 10. The Balaban J connectivity index is 1.19. The Morgan fingerprint density at radius 1 is 0.898 bits per heavy atom. The maximum atomic E-state index is 12.8. The molecule has 4 aliphatic rings. The third-order valence-corrected chi connectivity index (χ3v) is 8.55. The number of carbonyl (C=O) groups excluding carboxylic acids is 2. The first-order chi connectivity index (χ1) is 23.4. The highest BCUT2D eigenvalue weighted by Gasteiger charge is 2.50. The van der Waals surface area contributed by atoms with Gasteiger partial charge in [-0.3, -0.25) is 0 Å². The van der Waals surface area contributed by atoms with Gasteiger partial charge in [0.1, 0.15) is 48.8 Å². The van der Waals surface area contributed by atoms with E-state index in [1.807, 2.05) is 0 Å². The van der Waals surface area contributed by atoms with Crippen LogP contribution in [0.15, 0.2) is 48.8 Å². The Bertz CT molecular complexity index is 1410. The number of cyclic esters (lactones) is 1. The Hall–Kier alpha value is -3.66. The van der Waals surface area contributed by atoms with Crippen LogP contribution in [0.3, 0.4) is 0 Å². The van der Waals surface area contributed by atoms with Gasteiger partial charge in [-0.25, -0.2) is 9.59 Å². The average molecular weight is 699 g/mol. The fourth-order valence-corrected chi connectivity index (χ4v) is 5.79. The summed E-state index contributed by atoms with van der Waals surface area (Å²) in [6.07, 6.45) is -13.3. The summed E-state index contributed by atoms with van der Waals surface area (Å²) in [7, 11) is 0. The zero-order chi connectivity index (χ0) is 35.6. The largest absolute Gasteiger partial charge is 0.504 e. The van der Waals surface area contributed by atoms with Crippen LogP contribution in [0.25, 0.3) is 6.08 Å². The van der Waals surface area contributed by atoms with Gasteiger partial charge < -0.3 is 79.1 Å². The Labute approximate surface area is 278 Å². The standard InChI is InChI=1S/C31H38O18/c1-2-13-14-8-21(48-28(42)15(14)11-43-29(13)49-31-27(41)25(39)23(37)19(10-33)46-31)47-20(35)6-4-12-3-5-17(16(34)7-12)44-30-26(40)24(38)22(36)18(9-32)45-30/h2-7,11,13-14,18-19,21-27,29-34,36-41H,1,8-10H2/b6-4+/t13-,14+,18-,19-,21+,22-,23-,24+,25+,26-,27-,29+,30-,31+/m1/s1. The third-order valence-electron chi connectivity index (χ3n) is 8.55. The monoisotopic (exact) mass is 698 g/mol. The first-order valence-electron chi connectivity index (χ1n) is 15.2. The van der Waals surface area contributed by atoms with Crippen molar-refractivity contribution >= 4 is 18.0 Å². The number of esters is 2. The lowest BCUT2D eigenvalue weighted by Gasteiger charge is -2.44. The maximum absolute atomic E-state index is 12.8. The lowest BCUT2D eigenvalue weighted by molar-refractivity contribution is -0.340. The molecule has 5 rings (SSSR count). The molecule has 18 nitrogen and oxygen atoms in total. The first-order valence-corrected chi connectivity index (χ1v) is 15.2. The molecule has 1 aromatic carbocycles. The molecule has 0 aliphatic carbocycles. The number of hydrogen-bond donors (Lipinski definition) is 9.